The highest BCUT2D eigenvalue weighted by atomic mass is 16.9. The van der Waals surface area contributed by atoms with Crippen LogP contribution in [0.4, 0.5) is 0 Å². The molecule has 0 aromatic carbocycles. The molecule has 0 aromatic heterocycles. The van der Waals surface area contributed by atoms with Gasteiger partial charge in [0.25, 0.3) is 0 Å². The van der Waals surface area contributed by atoms with Crippen molar-refractivity contribution in [2.45, 2.75) is 201 Å². The summed E-state index contributed by atoms with van der Waals surface area (Å²) in [6.07, 6.45) is -19.2. The van der Waals surface area contributed by atoms with Crippen molar-refractivity contribution in [1.29, 1.82) is 0 Å². The van der Waals surface area contributed by atoms with Crippen molar-refractivity contribution < 1.29 is 87.5 Å². The van der Waals surface area contributed by atoms with Gasteiger partial charge in [0.05, 0.1) is 42.6 Å². The van der Waals surface area contributed by atoms with E-state index in [-0.39, 0.29) is 26.2 Å². The Bertz CT molecular complexity index is 1520. The number of hydrogen-bond donors (Lipinski definition) is 7. The number of nitrogens with one attached hydrogen (secondary N) is 1. The first-order valence-corrected chi connectivity index (χ1v) is 20.2. The zero-order chi connectivity index (χ0) is 42.6. The van der Waals surface area contributed by atoms with Gasteiger partial charge in [-0.15, -0.1) is 0 Å². The van der Waals surface area contributed by atoms with Gasteiger partial charge < -0.3 is 92.8 Å². The van der Waals surface area contributed by atoms with Gasteiger partial charge in [-0.05, 0) is 60.9 Å². The highest BCUT2D eigenvalue weighted by Crippen LogP contribution is 2.43. The monoisotopic (exact) mass is 849 g/mol. The quantitative estimate of drug-likeness (QED) is 0.0544. The minimum absolute atomic E-state index is 0.142. The summed E-state index contributed by atoms with van der Waals surface area (Å²) < 4.78 is 71.0. The third-order valence-electron chi connectivity index (χ3n) is 11.8. The summed E-state index contributed by atoms with van der Waals surface area (Å²) in [5.41, 5.74) is 9.31. The Kier molecular flexibility index (Phi) is 11.9. The predicted molar refractivity (Wildman–Crippen MR) is 192 cm³/mol. The van der Waals surface area contributed by atoms with Crippen LogP contribution in [0.2, 0.25) is 0 Å². The Balaban J connectivity index is 0.972. The third-order valence-corrected chi connectivity index (χ3v) is 11.8. The summed E-state index contributed by atoms with van der Waals surface area (Å²) in [5.74, 6) is -4.04. The molecule has 8 aliphatic heterocycles. The number of rotatable bonds is 14. The summed E-state index contributed by atoms with van der Waals surface area (Å²) >= 11 is 0. The van der Waals surface area contributed by atoms with Crippen molar-refractivity contribution in [2.75, 3.05) is 26.2 Å². The predicted octanol–water partition coefficient (Wildman–Crippen LogP) is -2.40. The number of aliphatic hydroxyl groups is 6. The molecule has 0 bridgehead atoms. The molecule has 8 fully saturated rings. The number of ether oxygens (including phenoxy) is 12. The topological polar surface area (TPSA) is 296 Å². The average molecular weight is 850 g/mol. The smallest absolute Gasteiger partial charge is 0.190 e. The van der Waals surface area contributed by atoms with E-state index in [1.807, 2.05) is 0 Å². The van der Waals surface area contributed by atoms with Gasteiger partial charge in [0, 0.05) is 31.1 Å². The molecule has 8 rings (SSSR count). The third kappa shape index (κ3) is 8.75. The maximum Gasteiger partial charge on any atom is 0.190 e. The Morgan fingerprint density at radius 1 is 0.542 bits per heavy atom. The zero-order valence-corrected chi connectivity index (χ0v) is 34.2. The summed E-state index contributed by atoms with van der Waals surface area (Å²) in [6.45, 7) is 12.6. The fraction of sp³-hybridized carbons (Fsp3) is 1.00. The molecular weight excluding hydrogens is 790 g/mol. The number of aliphatic hydroxyl groups excluding tert-OH is 6. The van der Waals surface area contributed by atoms with E-state index in [4.69, 9.17) is 56.8 Å². The molecule has 0 spiro atoms. The van der Waals surface area contributed by atoms with Crippen LogP contribution < -0.4 is 5.32 Å². The van der Waals surface area contributed by atoms with Gasteiger partial charge in [-0.1, -0.05) is 5.11 Å². The van der Waals surface area contributed by atoms with Gasteiger partial charge in [-0.2, -0.15) is 0 Å². The average Bonchev–Trinajstić information content (AvgIpc) is 3.98. The van der Waals surface area contributed by atoms with Crippen molar-refractivity contribution in [2.24, 2.45) is 5.11 Å². The summed E-state index contributed by atoms with van der Waals surface area (Å²) in [5, 5.41) is 75.7. The molecule has 59 heavy (non-hydrogen) atoms. The van der Waals surface area contributed by atoms with Crippen LogP contribution in [0.25, 0.3) is 10.4 Å². The number of fused-ring (bicyclic) bond motifs is 4. The second-order valence-corrected chi connectivity index (χ2v) is 18.4. The maximum atomic E-state index is 12.0. The molecule has 23 nitrogen and oxygen atoms in total. The lowest BCUT2D eigenvalue weighted by atomic mass is 9.99. The molecule has 0 aliphatic carbocycles. The second-order valence-electron chi connectivity index (χ2n) is 18.4. The standard InChI is InChI=1S/C36H59N5O18/c1-33(2)52-25-17(38-9-13(42)21-18(39-40-37)26-30(48-21)57-34(3,4)53-26)22(49-29(25)56-33)14(43)10-41(11-15(44)23-19(46)27-31(50-23)58-35(5,6)54-27)12-16(45)24-20(47)28-32(51-24)59-36(7,8)55-28/h13-32,38,42-47H,9-12H2,1-8H3/t13-,14+,15+,16+,17+,18+,19+,20+,21-,22-,23-,24-,25-,26-,27-,28-,29-,30-,31-,32-/m1/s1. The lowest BCUT2D eigenvalue weighted by molar-refractivity contribution is -0.230. The molecule has 8 heterocycles. The van der Waals surface area contributed by atoms with E-state index >= 15 is 0 Å². The molecule has 20 atom stereocenters. The number of azide groups is 1. The first-order valence-electron chi connectivity index (χ1n) is 20.2. The fourth-order valence-corrected chi connectivity index (χ4v) is 9.49. The van der Waals surface area contributed by atoms with E-state index in [9.17, 15) is 36.2 Å². The van der Waals surface area contributed by atoms with Gasteiger partial charge in [-0.25, -0.2) is 0 Å². The van der Waals surface area contributed by atoms with Crippen LogP contribution in [-0.4, -0.2) is 208 Å². The van der Waals surface area contributed by atoms with Crippen LogP contribution in [0.5, 0.6) is 0 Å². The molecule has 0 saturated carbocycles. The molecule has 336 valence electrons. The van der Waals surface area contributed by atoms with E-state index in [0.29, 0.717) is 0 Å². The Labute approximate surface area is 340 Å². The summed E-state index contributed by atoms with van der Waals surface area (Å²) in [6, 6.07) is -1.71. The molecular formula is C36H59N5O18. The Hall–Kier alpha value is -1.49. The molecule has 7 N–H and O–H groups in total. The van der Waals surface area contributed by atoms with Crippen LogP contribution >= 0.6 is 0 Å². The van der Waals surface area contributed by atoms with E-state index in [0.717, 1.165) is 0 Å². The SMILES string of the molecule is CC1(C)O[C@H]2O[C@H]([C@@H](O)CN(C[C@H](O)[C@H]3O[C@@H]4OC(C)(C)O[C@@H]4[C@H]3O)C[C@H](O)[C@H]3O[C@@H]4OC(C)(C)O[C@@H]4[C@H]3NC[C@@H](O)[C@H]3O[C@@H]4OC(C)(C)O[C@@H]4[C@H]3N=[N+]=[N-])[C@H](O)[C@H]2O1. The lowest BCUT2D eigenvalue weighted by Crippen LogP contribution is -2.57. The maximum absolute atomic E-state index is 12.0. The lowest BCUT2D eigenvalue weighted by Gasteiger charge is -2.36. The minimum Gasteiger partial charge on any atom is -0.389 e. The van der Waals surface area contributed by atoms with E-state index < -0.39 is 146 Å². The van der Waals surface area contributed by atoms with Crippen molar-refractivity contribution in [3.63, 3.8) is 0 Å². The normalized spacial score (nSPS) is 46.8. The van der Waals surface area contributed by atoms with Crippen molar-refractivity contribution in [3.8, 4) is 0 Å². The Morgan fingerprint density at radius 3 is 1.37 bits per heavy atom. The molecule has 23 heteroatoms. The number of nitrogens with zero attached hydrogens (tertiary/aromatic N) is 4. The van der Waals surface area contributed by atoms with E-state index in [1.54, 1.807) is 55.4 Å². The molecule has 8 saturated heterocycles. The zero-order valence-electron chi connectivity index (χ0n) is 34.2. The summed E-state index contributed by atoms with van der Waals surface area (Å²) in [4.78, 5) is 4.46. The largest absolute Gasteiger partial charge is 0.389 e. The number of hydrogen-bond acceptors (Lipinski definition) is 21. The highest BCUT2D eigenvalue weighted by Gasteiger charge is 2.60. The second kappa shape index (κ2) is 15.9. The van der Waals surface area contributed by atoms with E-state index in [2.05, 4.69) is 15.3 Å². The fourth-order valence-electron chi connectivity index (χ4n) is 9.49. The molecule has 0 amide bonds. The first kappa shape index (κ1) is 44.1. The van der Waals surface area contributed by atoms with Gasteiger partial charge >= 0.3 is 0 Å². The first-order chi connectivity index (χ1) is 27.5. The van der Waals surface area contributed by atoms with Gasteiger partial charge in [0.1, 0.15) is 54.9 Å². The van der Waals surface area contributed by atoms with Crippen molar-refractivity contribution >= 4 is 0 Å². The minimum atomic E-state index is -1.39. The van der Waals surface area contributed by atoms with Crippen molar-refractivity contribution in [3.05, 3.63) is 10.4 Å². The van der Waals surface area contributed by atoms with Crippen LogP contribution in [0.1, 0.15) is 55.4 Å². The van der Waals surface area contributed by atoms with Crippen LogP contribution in [-0.2, 0) is 56.8 Å². The Morgan fingerprint density at radius 2 is 0.915 bits per heavy atom. The van der Waals surface area contributed by atoms with Crippen LogP contribution in [0.15, 0.2) is 5.11 Å². The van der Waals surface area contributed by atoms with Gasteiger partial charge in [0.2, 0.25) is 0 Å². The van der Waals surface area contributed by atoms with Crippen LogP contribution in [0, 0.1) is 0 Å². The van der Waals surface area contributed by atoms with Crippen LogP contribution in [0.3, 0.4) is 0 Å². The van der Waals surface area contributed by atoms with Gasteiger partial charge in [0.15, 0.2) is 48.3 Å². The molecule has 0 radical (unpaired) electrons. The van der Waals surface area contributed by atoms with Crippen molar-refractivity contribution in [1.82, 2.24) is 10.2 Å². The summed E-state index contributed by atoms with van der Waals surface area (Å²) in [7, 11) is 0. The molecule has 0 aromatic rings. The highest BCUT2D eigenvalue weighted by molar-refractivity contribution is 5.05. The molecule has 0 unspecified atom stereocenters. The van der Waals surface area contributed by atoms with Gasteiger partial charge in [-0.3, -0.25) is 4.90 Å². The molecule has 8 aliphatic rings. The van der Waals surface area contributed by atoms with E-state index in [1.165, 1.54) is 4.90 Å².